The monoisotopic (exact) mass is 276 g/mol. The molecule has 1 rings (SSSR count). The Kier molecular flexibility index (Phi) is 6.23. The summed E-state index contributed by atoms with van der Waals surface area (Å²) in [4.78, 5) is 2.08. The van der Waals surface area contributed by atoms with Gasteiger partial charge in [-0.3, -0.25) is 0 Å². The van der Waals surface area contributed by atoms with E-state index < -0.39 is 0 Å². The fourth-order valence-electron chi connectivity index (χ4n) is 1.53. The first-order chi connectivity index (χ1) is 8.02. The zero-order valence-electron chi connectivity index (χ0n) is 10.1. The minimum Gasteiger partial charge on any atom is -0.394 e. The van der Waals surface area contributed by atoms with Crippen molar-refractivity contribution < 1.29 is 5.11 Å². The smallest absolute Gasteiger partial charge is 0.0626 e. The number of hydrogen-bond acceptors (Lipinski definition) is 3. The summed E-state index contributed by atoms with van der Waals surface area (Å²) in [6.07, 6.45) is 0. The topological polar surface area (TPSA) is 35.5 Å². The normalized spacial score (nSPS) is 13.1. The van der Waals surface area contributed by atoms with Crippen LogP contribution in [0.3, 0.4) is 0 Å². The number of nitrogens with one attached hydrogen (secondary N) is 1. The van der Waals surface area contributed by atoms with E-state index in [9.17, 15) is 5.11 Å². The van der Waals surface area contributed by atoms with Gasteiger partial charge < -0.3 is 15.3 Å². The van der Waals surface area contributed by atoms with Crippen molar-refractivity contribution >= 4 is 23.2 Å². The number of likely N-dealkylation sites (N-methyl/N-ethyl adjacent to an activating group) is 1. The Morgan fingerprint density at radius 2 is 1.82 bits per heavy atom. The van der Waals surface area contributed by atoms with E-state index in [0.29, 0.717) is 10.0 Å². The van der Waals surface area contributed by atoms with Gasteiger partial charge in [0.1, 0.15) is 0 Å². The summed E-state index contributed by atoms with van der Waals surface area (Å²) in [7, 11) is 4.01. The van der Waals surface area contributed by atoms with Crippen molar-refractivity contribution in [2.75, 3.05) is 33.8 Å². The number of benzene rings is 1. The lowest BCUT2D eigenvalue weighted by atomic mass is 10.1. The number of nitrogens with zero attached hydrogens (tertiary/aromatic N) is 1. The fourth-order valence-corrected chi connectivity index (χ4v) is 2.07. The number of halogens is 2. The van der Waals surface area contributed by atoms with Crippen LogP contribution in [0.15, 0.2) is 18.2 Å². The van der Waals surface area contributed by atoms with Gasteiger partial charge in [-0.2, -0.15) is 0 Å². The van der Waals surface area contributed by atoms with Gasteiger partial charge >= 0.3 is 0 Å². The Bertz CT molecular complexity index is 338. The molecular weight excluding hydrogens is 259 g/mol. The SMILES string of the molecule is CN(C)CCNC(CO)c1cc(Cl)cc(Cl)c1. The second-order valence-electron chi connectivity index (χ2n) is 4.20. The molecule has 1 aromatic rings. The maximum absolute atomic E-state index is 9.36. The van der Waals surface area contributed by atoms with Gasteiger partial charge in [-0.15, -0.1) is 0 Å². The highest BCUT2D eigenvalue weighted by Crippen LogP contribution is 2.23. The Balaban J connectivity index is 2.65. The average Bonchev–Trinajstić information content (AvgIpc) is 2.22. The van der Waals surface area contributed by atoms with Crippen LogP contribution in [-0.2, 0) is 0 Å². The van der Waals surface area contributed by atoms with E-state index in [1.165, 1.54) is 0 Å². The molecule has 0 bridgehead atoms. The van der Waals surface area contributed by atoms with Gasteiger partial charge in [-0.05, 0) is 37.9 Å². The molecule has 3 nitrogen and oxygen atoms in total. The zero-order chi connectivity index (χ0) is 12.8. The van der Waals surface area contributed by atoms with Gasteiger partial charge in [-0.25, -0.2) is 0 Å². The van der Waals surface area contributed by atoms with E-state index in [4.69, 9.17) is 23.2 Å². The first-order valence-corrected chi connectivity index (χ1v) is 6.23. The lowest BCUT2D eigenvalue weighted by molar-refractivity contribution is 0.240. The van der Waals surface area contributed by atoms with Crippen LogP contribution in [0.5, 0.6) is 0 Å². The Labute approximate surface area is 112 Å². The number of aliphatic hydroxyl groups excluding tert-OH is 1. The number of rotatable bonds is 6. The second-order valence-corrected chi connectivity index (χ2v) is 5.07. The zero-order valence-corrected chi connectivity index (χ0v) is 11.6. The van der Waals surface area contributed by atoms with Gasteiger partial charge in [0.25, 0.3) is 0 Å². The molecule has 0 radical (unpaired) electrons. The Hall–Kier alpha value is -0.320. The van der Waals surface area contributed by atoms with Crippen LogP contribution < -0.4 is 5.32 Å². The summed E-state index contributed by atoms with van der Waals surface area (Å²) < 4.78 is 0. The van der Waals surface area contributed by atoms with Crippen LogP contribution in [-0.4, -0.2) is 43.8 Å². The molecular formula is C12H18Cl2N2O. The predicted molar refractivity (Wildman–Crippen MR) is 72.8 cm³/mol. The van der Waals surface area contributed by atoms with Crippen molar-refractivity contribution in [1.29, 1.82) is 0 Å². The number of hydrogen-bond donors (Lipinski definition) is 2. The van der Waals surface area contributed by atoms with Gasteiger partial charge in [0.15, 0.2) is 0 Å². The van der Waals surface area contributed by atoms with Gasteiger partial charge in [-0.1, -0.05) is 23.2 Å². The standard InChI is InChI=1S/C12H18Cl2N2O/c1-16(2)4-3-15-12(8-17)9-5-10(13)7-11(14)6-9/h5-7,12,15,17H,3-4,8H2,1-2H3. The Morgan fingerprint density at radius 3 is 2.29 bits per heavy atom. The van der Waals surface area contributed by atoms with Gasteiger partial charge in [0.2, 0.25) is 0 Å². The molecule has 1 unspecified atom stereocenters. The van der Waals surface area contributed by atoms with Gasteiger partial charge in [0.05, 0.1) is 12.6 Å². The molecule has 0 spiro atoms. The van der Waals surface area contributed by atoms with Crippen molar-refractivity contribution in [3.05, 3.63) is 33.8 Å². The largest absolute Gasteiger partial charge is 0.394 e. The minimum absolute atomic E-state index is 0.0180. The molecule has 0 aliphatic heterocycles. The van der Waals surface area contributed by atoms with E-state index in [-0.39, 0.29) is 12.6 Å². The van der Waals surface area contributed by atoms with Crippen LogP contribution in [0.2, 0.25) is 10.0 Å². The van der Waals surface area contributed by atoms with Crippen molar-refractivity contribution in [2.24, 2.45) is 0 Å². The summed E-state index contributed by atoms with van der Waals surface area (Å²) in [5.74, 6) is 0. The van der Waals surface area contributed by atoms with Crippen LogP contribution in [0.1, 0.15) is 11.6 Å². The van der Waals surface area contributed by atoms with Crippen LogP contribution in [0.4, 0.5) is 0 Å². The maximum atomic E-state index is 9.36. The third kappa shape index (κ3) is 5.23. The van der Waals surface area contributed by atoms with Crippen molar-refractivity contribution in [3.8, 4) is 0 Å². The molecule has 2 N–H and O–H groups in total. The molecule has 0 fully saturated rings. The van der Waals surface area contributed by atoms with E-state index >= 15 is 0 Å². The average molecular weight is 277 g/mol. The summed E-state index contributed by atoms with van der Waals surface area (Å²) in [6, 6.07) is 5.18. The maximum Gasteiger partial charge on any atom is 0.0626 e. The van der Waals surface area contributed by atoms with E-state index in [0.717, 1.165) is 18.7 Å². The highest BCUT2D eigenvalue weighted by atomic mass is 35.5. The van der Waals surface area contributed by atoms with Crippen LogP contribution in [0, 0.1) is 0 Å². The lowest BCUT2D eigenvalue weighted by Crippen LogP contribution is -2.31. The molecule has 0 aromatic heterocycles. The molecule has 0 aliphatic carbocycles. The van der Waals surface area contributed by atoms with E-state index in [2.05, 4.69) is 10.2 Å². The third-order valence-electron chi connectivity index (χ3n) is 2.42. The predicted octanol–water partition coefficient (Wildman–Crippen LogP) is 2.18. The lowest BCUT2D eigenvalue weighted by Gasteiger charge is -2.19. The van der Waals surface area contributed by atoms with Crippen molar-refractivity contribution in [2.45, 2.75) is 6.04 Å². The molecule has 5 heteroatoms. The first kappa shape index (κ1) is 14.7. The van der Waals surface area contributed by atoms with E-state index in [1.807, 2.05) is 26.2 Å². The molecule has 0 heterocycles. The highest BCUT2D eigenvalue weighted by Gasteiger charge is 2.11. The molecule has 1 aromatic carbocycles. The molecule has 17 heavy (non-hydrogen) atoms. The van der Waals surface area contributed by atoms with E-state index in [1.54, 1.807) is 6.07 Å². The molecule has 96 valence electrons. The quantitative estimate of drug-likeness (QED) is 0.836. The first-order valence-electron chi connectivity index (χ1n) is 5.48. The molecule has 0 saturated heterocycles. The van der Waals surface area contributed by atoms with Crippen molar-refractivity contribution in [1.82, 2.24) is 10.2 Å². The summed E-state index contributed by atoms with van der Waals surface area (Å²) in [6.45, 7) is 1.72. The van der Waals surface area contributed by atoms with Crippen molar-refractivity contribution in [3.63, 3.8) is 0 Å². The summed E-state index contributed by atoms with van der Waals surface area (Å²) in [5, 5.41) is 13.8. The summed E-state index contributed by atoms with van der Waals surface area (Å²) in [5.41, 5.74) is 0.906. The third-order valence-corrected chi connectivity index (χ3v) is 2.86. The van der Waals surface area contributed by atoms with Crippen LogP contribution in [0.25, 0.3) is 0 Å². The minimum atomic E-state index is -0.133. The molecule has 1 atom stereocenters. The second kappa shape index (κ2) is 7.19. The Morgan fingerprint density at radius 1 is 1.24 bits per heavy atom. The molecule has 0 aliphatic rings. The number of aliphatic hydroxyl groups is 1. The molecule has 0 saturated carbocycles. The van der Waals surface area contributed by atoms with Gasteiger partial charge in [0, 0.05) is 23.1 Å². The molecule has 0 amide bonds. The highest BCUT2D eigenvalue weighted by molar-refractivity contribution is 6.34. The van der Waals surface area contributed by atoms with Crippen LogP contribution >= 0.6 is 23.2 Å². The fraction of sp³-hybridized carbons (Fsp3) is 0.500. The summed E-state index contributed by atoms with van der Waals surface area (Å²) >= 11 is 11.9.